The second kappa shape index (κ2) is 4.36. The standard InChI is InChI=1S/C13H16N2O4/c16-9-6-15(4-3-14-9)12(17)10-7-1-2-8(5-7)11(10)13(18)19/h1-2,7-8,10-11H,3-6H2,(H,14,16)(H,18,19)/t7?,8?,10-,11+/m0/s1. The average molecular weight is 264 g/mol. The molecule has 2 bridgehead atoms. The summed E-state index contributed by atoms with van der Waals surface area (Å²) in [6.45, 7) is 0.955. The fourth-order valence-electron chi connectivity index (χ4n) is 3.53. The van der Waals surface area contributed by atoms with E-state index >= 15 is 0 Å². The zero-order chi connectivity index (χ0) is 13.6. The third-order valence-electron chi connectivity index (χ3n) is 4.38. The van der Waals surface area contributed by atoms with E-state index in [-0.39, 0.29) is 30.2 Å². The Morgan fingerprint density at radius 1 is 1.26 bits per heavy atom. The van der Waals surface area contributed by atoms with Crippen molar-refractivity contribution in [3.63, 3.8) is 0 Å². The van der Waals surface area contributed by atoms with Crippen molar-refractivity contribution in [1.29, 1.82) is 0 Å². The molecule has 2 unspecified atom stereocenters. The van der Waals surface area contributed by atoms with E-state index in [0.717, 1.165) is 6.42 Å². The van der Waals surface area contributed by atoms with E-state index in [2.05, 4.69) is 5.32 Å². The maximum Gasteiger partial charge on any atom is 0.307 e. The van der Waals surface area contributed by atoms with Crippen LogP contribution in [0.1, 0.15) is 6.42 Å². The van der Waals surface area contributed by atoms with Crippen molar-refractivity contribution in [3.8, 4) is 0 Å². The fraction of sp³-hybridized carbons (Fsp3) is 0.615. The van der Waals surface area contributed by atoms with Crippen molar-refractivity contribution >= 4 is 17.8 Å². The number of carboxylic acids is 1. The SMILES string of the molecule is O=C1CN(C(=O)[C@H]2C3C=CC(C3)[C@H]2C(=O)O)CCN1. The van der Waals surface area contributed by atoms with Crippen LogP contribution in [0, 0.1) is 23.7 Å². The van der Waals surface area contributed by atoms with Crippen LogP contribution in [0.2, 0.25) is 0 Å². The van der Waals surface area contributed by atoms with Crippen molar-refractivity contribution in [2.45, 2.75) is 6.42 Å². The first kappa shape index (κ1) is 12.2. The summed E-state index contributed by atoms with van der Waals surface area (Å²) in [6, 6.07) is 0. The van der Waals surface area contributed by atoms with Gasteiger partial charge in [-0.3, -0.25) is 14.4 Å². The summed E-state index contributed by atoms with van der Waals surface area (Å²) in [5.41, 5.74) is 0. The van der Waals surface area contributed by atoms with Crippen LogP contribution in [0.15, 0.2) is 12.2 Å². The molecule has 102 valence electrons. The minimum atomic E-state index is -0.906. The van der Waals surface area contributed by atoms with Crippen LogP contribution in [-0.2, 0) is 14.4 Å². The summed E-state index contributed by atoms with van der Waals surface area (Å²) in [5, 5.41) is 12.0. The molecule has 0 spiro atoms. The van der Waals surface area contributed by atoms with Crippen molar-refractivity contribution in [2.75, 3.05) is 19.6 Å². The van der Waals surface area contributed by atoms with Gasteiger partial charge in [-0.25, -0.2) is 0 Å². The lowest BCUT2D eigenvalue weighted by atomic mass is 9.82. The van der Waals surface area contributed by atoms with Gasteiger partial charge >= 0.3 is 5.97 Å². The highest BCUT2D eigenvalue weighted by Crippen LogP contribution is 2.48. The predicted molar refractivity (Wildman–Crippen MR) is 64.9 cm³/mol. The molecule has 2 N–H and O–H groups in total. The van der Waals surface area contributed by atoms with E-state index in [1.165, 1.54) is 4.90 Å². The van der Waals surface area contributed by atoms with Crippen LogP contribution in [0.4, 0.5) is 0 Å². The van der Waals surface area contributed by atoms with E-state index in [1.807, 2.05) is 12.2 Å². The number of hydrogen-bond donors (Lipinski definition) is 2. The summed E-state index contributed by atoms with van der Waals surface area (Å²) in [4.78, 5) is 36.7. The molecule has 19 heavy (non-hydrogen) atoms. The molecule has 1 aliphatic heterocycles. The first-order valence-electron chi connectivity index (χ1n) is 6.54. The molecule has 1 heterocycles. The highest BCUT2D eigenvalue weighted by Gasteiger charge is 2.52. The molecule has 6 nitrogen and oxygen atoms in total. The Hall–Kier alpha value is -1.85. The average Bonchev–Trinajstić information content (AvgIpc) is 2.97. The van der Waals surface area contributed by atoms with Gasteiger partial charge in [-0.05, 0) is 18.3 Å². The number of carbonyl (C=O) groups is 3. The number of piperazine rings is 1. The van der Waals surface area contributed by atoms with Gasteiger partial charge in [0.15, 0.2) is 0 Å². The molecule has 0 radical (unpaired) electrons. The molecule has 0 aromatic heterocycles. The third-order valence-corrected chi connectivity index (χ3v) is 4.38. The molecule has 3 rings (SSSR count). The van der Waals surface area contributed by atoms with Crippen LogP contribution in [0.5, 0.6) is 0 Å². The lowest BCUT2D eigenvalue weighted by Crippen LogP contribution is -2.53. The third kappa shape index (κ3) is 1.91. The van der Waals surface area contributed by atoms with Crippen LogP contribution in [0.3, 0.4) is 0 Å². The number of rotatable bonds is 2. The highest BCUT2D eigenvalue weighted by atomic mass is 16.4. The molecule has 1 saturated carbocycles. The van der Waals surface area contributed by atoms with E-state index < -0.39 is 17.8 Å². The molecule has 6 heteroatoms. The van der Waals surface area contributed by atoms with Crippen LogP contribution in [-0.4, -0.2) is 47.4 Å². The second-order valence-electron chi connectivity index (χ2n) is 5.45. The molecular formula is C13H16N2O4. The Morgan fingerprint density at radius 2 is 1.95 bits per heavy atom. The van der Waals surface area contributed by atoms with Crippen LogP contribution >= 0.6 is 0 Å². The van der Waals surface area contributed by atoms with Crippen molar-refractivity contribution < 1.29 is 19.5 Å². The molecule has 2 amide bonds. The van der Waals surface area contributed by atoms with Gasteiger partial charge in [0, 0.05) is 13.1 Å². The number of aliphatic carboxylic acids is 1. The lowest BCUT2D eigenvalue weighted by molar-refractivity contribution is -0.152. The van der Waals surface area contributed by atoms with E-state index in [0.29, 0.717) is 13.1 Å². The molecule has 3 aliphatic rings. The Kier molecular flexibility index (Phi) is 2.80. The van der Waals surface area contributed by atoms with Crippen LogP contribution < -0.4 is 5.32 Å². The normalized spacial score (nSPS) is 36.4. The number of nitrogens with one attached hydrogen (secondary N) is 1. The topological polar surface area (TPSA) is 86.7 Å². The molecule has 0 aromatic rings. The molecule has 2 fully saturated rings. The molecular weight excluding hydrogens is 248 g/mol. The zero-order valence-electron chi connectivity index (χ0n) is 10.4. The highest BCUT2D eigenvalue weighted by molar-refractivity contribution is 5.90. The Morgan fingerprint density at radius 3 is 2.58 bits per heavy atom. The van der Waals surface area contributed by atoms with Gasteiger partial charge in [0.1, 0.15) is 0 Å². The first-order chi connectivity index (χ1) is 9.08. The largest absolute Gasteiger partial charge is 0.481 e. The Bertz CT molecular complexity index is 473. The molecule has 4 atom stereocenters. The number of carbonyl (C=O) groups excluding carboxylic acids is 2. The zero-order valence-corrected chi connectivity index (χ0v) is 10.4. The van der Waals surface area contributed by atoms with Gasteiger partial charge in [0.05, 0.1) is 18.4 Å². The number of nitrogens with zero attached hydrogens (tertiary/aromatic N) is 1. The quantitative estimate of drug-likeness (QED) is 0.656. The number of fused-ring (bicyclic) bond motifs is 2. The minimum absolute atomic E-state index is 0.0172. The number of carboxylic acid groups (broad SMARTS) is 1. The van der Waals surface area contributed by atoms with Crippen molar-refractivity contribution in [3.05, 3.63) is 12.2 Å². The summed E-state index contributed by atoms with van der Waals surface area (Å²) >= 11 is 0. The van der Waals surface area contributed by atoms with Crippen molar-refractivity contribution in [1.82, 2.24) is 10.2 Å². The number of amides is 2. The van der Waals surface area contributed by atoms with Gasteiger partial charge in [-0.1, -0.05) is 12.2 Å². The smallest absolute Gasteiger partial charge is 0.307 e. The second-order valence-corrected chi connectivity index (χ2v) is 5.45. The predicted octanol–water partition coefficient (Wildman–Crippen LogP) is -0.532. The van der Waals surface area contributed by atoms with Crippen LogP contribution in [0.25, 0.3) is 0 Å². The minimum Gasteiger partial charge on any atom is -0.481 e. The van der Waals surface area contributed by atoms with E-state index in [9.17, 15) is 19.5 Å². The van der Waals surface area contributed by atoms with Gasteiger partial charge < -0.3 is 15.3 Å². The molecule has 1 saturated heterocycles. The fourth-order valence-corrected chi connectivity index (χ4v) is 3.53. The van der Waals surface area contributed by atoms with Crippen molar-refractivity contribution in [2.24, 2.45) is 23.7 Å². The first-order valence-corrected chi connectivity index (χ1v) is 6.54. The molecule has 2 aliphatic carbocycles. The summed E-state index contributed by atoms with van der Waals surface area (Å²) < 4.78 is 0. The summed E-state index contributed by atoms with van der Waals surface area (Å²) in [5.74, 6) is -2.41. The van der Waals surface area contributed by atoms with E-state index in [4.69, 9.17) is 0 Å². The maximum absolute atomic E-state index is 12.5. The summed E-state index contributed by atoms with van der Waals surface area (Å²) in [7, 11) is 0. The molecule has 0 aromatic carbocycles. The lowest BCUT2D eigenvalue weighted by Gasteiger charge is -2.32. The van der Waals surface area contributed by atoms with Gasteiger partial charge in [-0.15, -0.1) is 0 Å². The van der Waals surface area contributed by atoms with Gasteiger partial charge in [0.25, 0.3) is 0 Å². The van der Waals surface area contributed by atoms with Gasteiger partial charge in [-0.2, -0.15) is 0 Å². The number of allylic oxidation sites excluding steroid dienone is 2. The number of hydrogen-bond acceptors (Lipinski definition) is 3. The van der Waals surface area contributed by atoms with Gasteiger partial charge in [0.2, 0.25) is 11.8 Å². The van der Waals surface area contributed by atoms with E-state index in [1.54, 1.807) is 0 Å². The monoisotopic (exact) mass is 264 g/mol. The maximum atomic E-state index is 12.5. The summed E-state index contributed by atoms with van der Waals surface area (Å²) in [6.07, 6.45) is 4.61. The Balaban J connectivity index is 1.80. The Labute approximate surface area is 110 Å².